The number of hydrogen-bond donors (Lipinski definition) is 0. The molecule has 1 aliphatic rings. The van der Waals surface area contributed by atoms with Crippen molar-refractivity contribution in [1.82, 2.24) is 4.31 Å². The Hall–Kier alpha value is -2.43. The normalized spacial score (nSPS) is 22.5. The molecule has 25 heavy (non-hydrogen) atoms. The maximum Gasteiger partial charge on any atom is 0.244 e. The van der Waals surface area contributed by atoms with E-state index in [1.807, 2.05) is 79.7 Å². The van der Waals surface area contributed by atoms with E-state index in [9.17, 15) is 8.42 Å². The summed E-state index contributed by atoms with van der Waals surface area (Å²) in [4.78, 5) is 0.345. The molecule has 1 fully saturated rings. The molecule has 4 heteroatoms. The molecule has 2 unspecified atom stereocenters. The van der Waals surface area contributed by atoms with Crippen LogP contribution in [0.2, 0.25) is 0 Å². The van der Waals surface area contributed by atoms with Gasteiger partial charge >= 0.3 is 0 Å². The summed E-state index contributed by atoms with van der Waals surface area (Å²) in [6, 6.07) is 26.4. The van der Waals surface area contributed by atoms with Crippen molar-refractivity contribution in [2.24, 2.45) is 0 Å². The fraction of sp³-hybridized carbons (Fsp3) is 0.143. The second-order valence-corrected chi connectivity index (χ2v) is 8.20. The predicted molar refractivity (Wildman–Crippen MR) is 98.6 cm³/mol. The molecule has 0 aliphatic carbocycles. The van der Waals surface area contributed by atoms with Gasteiger partial charge in [-0.15, -0.1) is 0 Å². The highest BCUT2D eigenvalue weighted by molar-refractivity contribution is 7.89. The molecule has 0 radical (unpaired) electrons. The Morgan fingerprint density at radius 1 is 0.680 bits per heavy atom. The molecule has 126 valence electrons. The maximum atomic E-state index is 13.2. The minimum atomic E-state index is -3.54. The number of rotatable bonds is 4. The topological polar surface area (TPSA) is 37.1 Å². The number of benzene rings is 3. The minimum absolute atomic E-state index is 0.157. The third-order valence-corrected chi connectivity index (χ3v) is 6.51. The van der Waals surface area contributed by atoms with E-state index in [-0.39, 0.29) is 12.1 Å². The van der Waals surface area contributed by atoms with Gasteiger partial charge in [-0.3, -0.25) is 0 Å². The van der Waals surface area contributed by atoms with E-state index in [2.05, 4.69) is 0 Å². The van der Waals surface area contributed by atoms with Gasteiger partial charge in [0, 0.05) is 0 Å². The van der Waals surface area contributed by atoms with Gasteiger partial charge in [-0.05, 0) is 30.2 Å². The molecule has 1 heterocycles. The lowest BCUT2D eigenvalue weighted by Gasteiger charge is -2.07. The van der Waals surface area contributed by atoms with Gasteiger partial charge in [-0.1, -0.05) is 78.4 Å². The van der Waals surface area contributed by atoms with Crippen LogP contribution in [-0.2, 0) is 10.0 Å². The van der Waals surface area contributed by atoms with E-state index < -0.39 is 10.0 Å². The summed E-state index contributed by atoms with van der Waals surface area (Å²) in [6.45, 7) is 1.95. The fourth-order valence-electron chi connectivity index (χ4n) is 3.30. The van der Waals surface area contributed by atoms with Crippen LogP contribution < -0.4 is 0 Å². The fourth-order valence-corrected chi connectivity index (χ4v) is 5.04. The van der Waals surface area contributed by atoms with Crippen molar-refractivity contribution in [3.63, 3.8) is 0 Å². The number of sulfonamides is 1. The van der Waals surface area contributed by atoms with Crippen LogP contribution in [-0.4, -0.2) is 12.7 Å². The molecule has 3 aromatic carbocycles. The predicted octanol–water partition coefficient (Wildman–Crippen LogP) is 4.48. The molecule has 4 rings (SSSR count). The van der Waals surface area contributed by atoms with E-state index in [0.29, 0.717) is 4.90 Å². The van der Waals surface area contributed by atoms with Gasteiger partial charge in [-0.25, -0.2) is 8.42 Å². The van der Waals surface area contributed by atoms with Crippen molar-refractivity contribution in [2.75, 3.05) is 0 Å². The van der Waals surface area contributed by atoms with E-state index in [1.54, 1.807) is 16.4 Å². The summed E-state index contributed by atoms with van der Waals surface area (Å²) in [7, 11) is -3.54. The smallest absolute Gasteiger partial charge is 0.207 e. The minimum Gasteiger partial charge on any atom is -0.207 e. The lowest BCUT2D eigenvalue weighted by atomic mass is 10.0. The summed E-state index contributed by atoms with van der Waals surface area (Å²) in [5.41, 5.74) is 3.09. The van der Waals surface area contributed by atoms with Crippen molar-refractivity contribution in [2.45, 2.75) is 23.9 Å². The zero-order valence-electron chi connectivity index (χ0n) is 13.9. The number of hydrogen-bond acceptors (Lipinski definition) is 2. The van der Waals surface area contributed by atoms with Crippen LogP contribution >= 0.6 is 0 Å². The molecule has 0 spiro atoms. The molecule has 3 nitrogen and oxygen atoms in total. The molecular formula is C21H19NO2S. The average molecular weight is 349 g/mol. The zero-order chi connectivity index (χ0) is 17.4. The second-order valence-electron chi connectivity index (χ2n) is 6.36. The highest BCUT2D eigenvalue weighted by Gasteiger charge is 2.56. The third-order valence-electron chi connectivity index (χ3n) is 4.64. The van der Waals surface area contributed by atoms with Gasteiger partial charge in [0.15, 0.2) is 0 Å². The Balaban J connectivity index is 1.77. The van der Waals surface area contributed by atoms with Gasteiger partial charge in [0.2, 0.25) is 10.0 Å². The lowest BCUT2D eigenvalue weighted by molar-refractivity contribution is 0.547. The van der Waals surface area contributed by atoms with Crippen molar-refractivity contribution in [3.8, 4) is 0 Å². The number of nitrogens with zero attached hydrogens (tertiary/aromatic N) is 1. The van der Waals surface area contributed by atoms with Gasteiger partial charge in [0.1, 0.15) is 0 Å². The maximum absolute atomic E-state index is 13.2. The summed E-state index contributed by atoms with van der Waals surface area (Å²) < 4.78 is 28.0. The first kappa shape index (κ1) is 16.1. The Morgan fingerprint density at radius 2 is 1.12 bits per heavy atom. The Morgan fingerprint density at radius 3 is 1.56 bits per heavy atom. The van der Waals surface area contributed by atoms with Crippen LogP contribution in [0.3, 0.4) is 0 Å². The third kappa shape index (κ3) is 2.88. The molecule has 0 aromatic heterocycles. The molecule has 1 aliphatic heterocycles. The van der Waals surface area contributed by atoms with E-state index in [4.69, 9.17) is 0 Å². The quantitative estimate of drug-likeness (QED) is 0.651. The summed E-state index contributed by atoms with van der Waals surface area (Å²) in [5, 5.41) is 0. The van der Waals surface area contributed by atoms with Crippen LogP contribution in [0.15, 0.2) is 89.8 Å². The van der Waals surface area contributed by atoms with Crippen molar-refractivity contribution in [1.29, 1.82) is 0 Å². The zero-order valence-corrected chi connectivity index (χ0v) is 14.7. The van der Waals surface area contributed by atoms with Crippen LogP contribution in [0, 0.1) is 6.92 Å². The standard InChI is InChI=1S/C21H19NO2S/c1-16-12-14-19(15-13-16)25(23,24)22-20(17-8-4-2-5-9-17)21(22)18-10-6-3-7-11-18/h2-15,20-21H,1H3. The summed E-state index contributed by atoms with van der Waals surface area (Å²) >= 11 is 0. The first-order valence-electron chi connectivity index (χ1n) is 8.29. The van der Waals surface area contributed by atoms with Crippen molar-refractivity contribution >= 4 is 10.0 Å². The second kappa shape index (κ2) is 6.14. The monoisotopic (exact) mass is 349 g/mol. The van der Waals surface area contributed by atoms with Crippen LogP contribution in [0.4, 0.5) is 0 Å². The molecule has 3 aromatic rings. The summed E-state index contributed by atoms with van der Waals surface area (Å²) in [5.74, 6) is 0. The SMILES string of the molecule is Cc1ccc(S(=O)(=O)N2C(c3ccccc3)C2c2ccccc2)cc1. The Labute approximate surface area is 148 Å². The van der Waals surface area contributed by atoms with Crippen LogP contribution in [0.25, 0.3) is 0 Å². The highest BCUT2D eigenvalue weighted by atomic mass is 32.2. The van der Waals surface area contributed by atoms with E-state index in [1.165, 1.54) is 0 Å². The molecule has 0 amide bonds. The molecule has 0 N–H and O–H groups in total. The molecule has 0 bridgehead atoms. The van der Waals surface area contributed by atoms with Gasteiger partial charge in [-0.2, -0.15) is 4.31 Å². The van der Waals surface area contributed by atoms with Crippen LogP contribution in [0.1, 0.15) is 28.8 Å². The Bertz CT molecular complexity index is 922. The molecule has 1 saturated heterocycles. The molecule has 0 saturated carbocycles. The first-order valence-corrected chi connectivity index (χ1v) is 9.73. The van der Waals surface area contributed by atoms with Crippen LogP contribution in [0.5, 0.6) is 0 Å². The Kier molecular flexibility index (Phi) is 3.94. The van der Waals surface area contributed by atoms with Gasteiger partial charge in [0.05, 0.1) is 17.0 Å². The molecule has 2 atom stereocenters. The first-order chi connectivity index (χ1) is 12.1. The largest absolute Gasteiger partial charge is 0.244 e. The average Bonchev–Trinajstić information content (AvgIpc) is 3.40. The van der Waals surface area contributed by atoms with E-state index >= 15 is 0 Å². The highest BCUT2D eigenvalue weighted by Crippen LogP contribution is 2.57. The summed E-state index contributed by atoms with van der Waals surface area (Å²) in [6.07, 6.45) is 0. The van der Waals surface area contributed by atoms with Gasteiger partial charge < -0.3 is 0 Å². The van der Waals surface area contributed by atoms with Gasteiger partial charge in [0.25, 0.3) is 0 Å². The molecular weight excluding hydrogens is 330 g/mol. The van der Waals surface area contributed by atoms with Crippen molar-refractivity contribution < 1.29 is 8.42 Å². The van der Waals surface area contributed by atoms with Crippen molar-refractivity contribution in [3.05, 3.63) is 102 Å². The van der Waals surface area contributed by atoms with E-state index in [0.717, 1.165) is 16.7 Å². The number of aryl methyl sites for hydroxylation is 1. The lowest BCUT2D eigenvalue weighted by Crippen LogP contribution is -2.13.